The quantitative estimate of drug-likeness (QED) is 0.881. The summed E-state index contributed by atoms with van der Waals surface area (Å²) in [5, 5.41) is 9.22. The van der Waals surface area contributed by atoms with Crippen molar-refractivity contribution < 1.29 is 18.3 Å². The first kappa shape index (κ1) is 14.4. The second-order valence-corrected chi connectivity index (χ2v) is 4.41. The lowest BCUT2D eigenvalue weighted by Crippen LogP contribution is -2.15. The van der Waals surface area contributed by atoms with Gasteiger partial charge in [-0.3, -0.25) is 0 Å². The highest BCUT2D eigenvalue weighted by atomic mass is 35.5. The molecule has 1 rings (SSSR count). The zero-order valence-electron chi connectivity index (χ0n) is 8.56. The Bertz CT molecular complexity index is 386. The summed E-state index contributed by atoms with van der Waals surface area (Å²) in [6.07, 6.45) is -5.49. The Hall–Kier alpha value is -0.650. The molecule has 1 aromatic rings. The largest absolute Gasteiger partial charge is 0.505 e. The van der Waals surface area contributed by atoms with Crippen LogP contribution in [0.5, 0.6) is 5.75 Å². The van der Waals surface area contributed by atoms with E-state index in [1.165, 1.54) is 12.1 Å². The SMILES string of the molecule is N[C@H](CCC(F)(F)F)c1cc(Cl)c(O)c(Cl)c1. The van der Waals surface area contributed by atoms with E-state index in [0.29, 0.717) is 5.56 Å². The Kier molecular flexibility index (Phi) is 4.52. The van der Waals surface area contributed by atoms with Crippen molar-refractivity contribution in [2.24, 2.45) is 5.73 Å². The van der Waals surface area contributed by atoms with Gasteiger partial charge in [0.2, 0.25) is 0 Å². The number of nitrogens with two attached hydrogens (primary N) is 1. The summed E-state index contributed by atoms with van der Waals surface area (Å²) >= 11 is 11.3. The fraction of sp³-hybridized carbons (Fsp3) is 0.400. The highest BCUT2D eigenvalue weighted by molar-refractivity contribution is 6.37. The zero-order valence-corrected chi connectivity index (χ0v) is 10.1. The van der Waals surface area contributed by atoms with Crippen LogP contribution in [0.4, 0.5) is 13.2 Å². The van der Waals surface area contributed by atoms with E-state index in [-0.39, 0.29) is 22.2 Å². The van der Waals surface area contributed by atoms with Crippen molar-refractivity contribution in [1.29, 1.82) is 0 Å². The van der Waals surface area contributed by atoms with E-state index in [1.54, 1.807) is 0 Å². The number of halogens is 5. The fourth-order valence-corrected chi connectivity index (χ4v) is 1.79. The minimum Gasteiger partial charge on any atom is -0.505 e. The van der Waals surface area contributed by atoms with Gasteiger partial charge >= 0.3 is 6.18 Å². The highest BCUT2D eigenvalue weighted by Gasteiger charge is 2.28. The van der Waals surface area contributed by atoms with Gasteiger partial charge < -0.3 is 10.8 Å². The van der Waals surface area contributed by atoms with E-state index in [9.17, 15) is 18.3 Å². The zero-order chi connectivity index (χ0) is 13.2. The number of phenols is 1. The number of alkyl halides is 3. The van der Waals surface area contributed by atoms with Gasteiger partial charge in [-0.15, -0.1) is 0 Å². The number of phenolic OH excluding ortho intramolecular Hbond substituents is 1. The maximum absolute atomic E-state index is 12.0. The monoisotopic (exact) mass is 287 g/mol. The molecule has 0 fully saturated rings. The lowest BCUT2D eigenvalue weighted by Gasteiger charge is -2.14. The van der Waals surface area contributed by atoms with Crippen molar-refractivity contribution in [3.8, 4) is 5.75 Å². The second kappa shape index (κ2) is 5.33. The van der Waals surface area contributed by atoms with E-state index >= 15 is 0 Å². The molecule has 2 nitrogen and oxygen atoms in total. The molecule has 96 valence electrons. The Morgan fingerprint density at radius 2 is 1.71 bits per heavy atom. The Labute approximate surface area is 106 Å². The van der Waals surface area contributed by atoms with Crippen molar-refractivity contribution in [3.05, 3.63) is 27.7 Å². The Morgan fingerprint density at radius 3 is 2.12 bits per heavy atom. The second-order valence-electron chi connectivity index (χ2n) is 3.59. The molecule has 1 atom stereocenters. The predicted octanol–water partition coefficient (Wildman–Crippen LogP) is 4.04. The van der Waals surface area contributed by atoms with Gasteiger partial charge in [-0.25, -0.2) is 0 Å². The molecule has 0 spiro atoms. The smallest absolute Gasteiger partial charge is 0.389 e. The van der Waals surface area contributed by atoms with Crippen LogP contribution in [0.3, 0.4) is 0 Å². The predicted molar refractivity (Wildman–Crippen MR) is 60.3 cm³/mol. The summed E-state index contributed by atoms with van der Waals surface area (Å²) in [5.41, 5.74) is 5.95. The first-order valence-corrected chi connectivity index (χ1v) is 5.46. The van der Waals surface area contributed by atoms with Crippen LogP contribution in [0.15, 0.2) is 12.1 Å². The van der Waals surface area contributed by atoms with Crippen LogP contribution in [-0.2, 0) is 0 Å². The minimum absolute atomic E-state index is 0.0324. The van der Waals surface area contributed by atoms with E-state index in [2.05, 4.69) is 0 Å². The molecular weight excluding hydrogens is 278 g/mol. The van der Waals surface area contributed by atoms with E-state index < -0.39 is 18.6 Å². The van der Waals surface area contributed by atoms with Crippen LogP contribution in [0.2, 0.25) is 10.0 Å². The van der Waals surface area contributed by atoms with Gasteiger partial charge in [-0.2, -0.15) is 13.2 Å². The van der Waals surface area contributed by atoms with E-state index in [1.807, 2.05) is 0 Å². The molecule has 0 amide bonds. The fourth-order valence-electron chi connectivity index (χ4n) is 1.29. The third kappa shape index (κ3) is 4.26. The molecule has 3 N–H and O–H groups in total. The molecule has 0 aliphatic heterocycles. The number of aromatic hydroxyl groups is 1. The first-order chi connectivity index (χ1) is 7.70. The first-order valence-electron chi connectivity index (χ1n) is 4.71. The van der Waals surface area contributed by atoms with Crippen molar-refractivity contribution in [1.82, 2.24) is 0 Å². The molecule has 0 saturated carbocycles. The van der Waals surface area contributed by atoms with Crippen molar-refractivity contribution >= 4 is 23.2 Å². The Morgan fingerprint density at radius 1 is 1.24 bits per heavy atom. The van der Waals surface area contributed by atoms with Crippen LogP contribution in [0, 0.1) is 0 Å². The molecule has 0 aliphatic carbocycles. The average Bonchev–Trinajstić information content (AvgIpc) is 2.20. The summed E-state index contributed by atoms with van der Waals surface area (Å²) in [5.74, 6) is -0.305. The molecule has 0 aliphatic rings. The maximum Gasteiger partial charge on any atom is 0.389 e. The van der Waals surface area contributed by atoms with Gasteiger partial charge in [0.25, 0.3) is 0 Å². The van der Waals surface area contributed by atoms with E-state index in [4.69, 9.17) is 28.9 Å². The molecule has 1 aromatic carbocycles. The normalized spacial score (nSPS) is 13.8. The summed E-state index contributed by atoms with van der Waals surface area (Å²) < 4.78 is 36.0. The molecule has 7 heteroatoms. The molecule has 0 radical (unpaired) electrons. The molecular formula is C10H10Cl2F3NO. The van der Waals surface area contributed by atoms with Gasteiger partial charge in [-0.05, 0) is 24.1 Å². The lowest BCUT2D eigenvalue weighted by molar-refractivity contribution is -0.136. The minimum atomic E-state index is -4.25. The van der Waals surface area contributed by atoms with Gasteiger partial charge in [0.05, 0.1) is 10.0 Å². The summed E-state index contributed by atoms with van der Waals surface area (Å²) in [6.45, 7) is 0. The number of hydrogen-bond acceptors (Lipinski definition) is 2. The van der Waals surface area contributed by atoms with Crippen molar-refractivity contribution in [2.75, 3.05) is 0 Å². The molecule has 0 aromatic heterocycles. The van der Waals surface area contributed by atoms with Gasteiger partial charge in [0, 0.05) is 12.5 Å². The molecule has 0 bridgehead atoms. The molecule has 0 heterocycles. The summed E-state index contributed by atoms with van der Waals surface area (Å²) in [7, 11) is 0. The van der Waals surface area contributed by atoms with Gasteiger partial charge in [0.1, 0.15) is 0 Å². The van der Waals surface area contributed by atoms with Crippen LogP contribution >= 0.6 is 23.2 Å². The van der Waals surface area contributed by atoms with Crippen LogP contribution in [0.1, 0.15) is 24.4 Å². The summed E-state index contributed by atoms with van der Waals surface area (Å²) in [6, 6.07) is 1.79. The van der Waals surface area contributed by atoms with Crippen LogP contribution in [-0.4, -0.2) is 11.3 Å². The number of rotatable bonds is 3. The van der Waals surface area contributed by atoms with Gasteiger partial charge in [-0.1, -0.05) is 23.2 Å². The van der Waals surface area contributed by atoms with Crippen LogP contribution < -0.4 is 5.73 Å². The molecule has 0 unspecified atom stereocenters. The maximum atomic E-state index is 12.0. The number of benzene rings is 1. The number of hydrogen-bond donors (Lipinski definition) is 2. The van der Waals surface area contributed by atoms with Crippen LogP contribution in [0.25, 0.3) is 0 Å². The molecule has 0 saturated heterocycles. The van der Waals surface area contributed by atoms with Gasteiger partial charge in [0.15, 0.2) is 5.75 Å². The van der Waals surface area contributed by atoms with E-state index in [0.717, 1.165) is 0 Å². The topological polar surface area (TPSA) is 46.2 Å². The highest BCUT2D eigenvalue weighted by Crippen LogP contribution is 2.35. The third-order valence-electron chi connectivity index (χ3n) is 2.21. The summed E-state index contributed by atoms with van der Waals surface area (Å²) in [4.78, 5) is 0. The third-order valence-corrected chi connectivity index (χ3v) is 2.78. The molecule has 17 heavy (non-hydrogen) atoms. The lowest BCUT2D eigenvalue weighted by atomic mass is 10.0. The van der Waals surface area contributed by atoms with Crippen molar-refractivity contribution in [3.63, 3.8) is 0 Å². The standard InChI is InChI=1S/C10H10Cl2F3NO/c11-6-3-5(4-7(12)9(6)17)8(16)1-2-10(13,14)15/h3-4,8,17H,1-2,16H2/t8-/m1/s1. The van der Waals surface area contributed by atoms with Crippen molar-refractivity contribution in [2.45, 2.75) is 25.1 Å². The average molecular weight is 288 g/mol. The Balaban J connectivity index is 2.79.